The Balaban J connectivity index is 1.67. The topological polar surface area (TPSA) is 53.8 Å². The van der Waals surface area contributed by atoms with Crippen molar-refractivity contribution in [2.75, 3.05) is 0 Å². The molecule has 122 valence electrons. The zero-order valence-electron chi connectivity index (χ0n) is 13.1. The Morgan fingerprint density at radius 1 is 1.17 bits per heavy atom. The van der Waals surface area contributed by atoms with Crippen molar-refractivity contribution in [1.29, 1.82) is 0 Å². The second-order valence-corrected chi connectivity index (χ2v) is 6.57. The van der Waals surface area contributed by atoms with E-state index >= 15 is 0 Å². The first-order chi connectivity index (χ1) is 11.6. The van der Waals surface area contributed by atoms with E-state index in [1.54, 1.807) is 19.1 Å². The highest BCUT2D eigenvalue weighted by atomic mass is 32.2. The second-order valence-electron chi connectivity index (χ2n) is 5.38. The zero-order chi connectivity index (χ0) is 16.9. The first kappa shape index (κ1) is 16.4. The molecule has 2 aromatic rings. The Morgan fingerprint density at radius 2 is 1.88 bits per heavy atom. The maximum atomic E-state index is 12.9. The van der Waals surface area contributed by atoms with Gasteiger partial charge in [-0.2, -0.15) is 5.10 Å². The molecule has 2 aromatic carbocycles. The van der Waals surface area contributed by atoms with Gasteiger partial charge in [0, 0.05) is 0 Å². The summed E-state index contributed by atoms with van der Waals surface area (Å²) in [5, 5.41) is 11.3. The molecule has 1 unspecified atom stereocenters. The Morgan fingerprint density at radius 3 is 2.58 bits per heavy atom. The normalized spacial score (nSPS) is 19.6. The minimum Gasteiger partial charge on any atom is -0.303 e. The van der Waals surface area contributed by atoms with Crippen molar-refractivity contribution in [3.05, 3.63) is 71.5 Å². The number of nitrogens with one attached hydrogen (secondary N) is 1. The van der Waals surface area contributed by atoms with E-state index in [1.807, 2.05) is 30.3 Å². The number of carbonyl (C=O) groups is 1. The van der Waals surface area contributed by atoms with Crippen LogP contribution in [0.1, 0.15) is 18.1 Å². The molecule has 0 spiro atoms. The van der Waals surface area contributed by atoms with Gasteiger partial charge in [0.25, 0.3) is 0 Å². The van der Waals surface area contributed by atoms with Gasteiger partial charge in [0.1, 0.15) is 5.82 Å². The van der Waals surface area contributed by atoms with Gasteiger partial charge in [0.05, 0.1) is 11.0 Å². The lowest BCUT2D eigenvalue weighted by Gasteiger charge is -2.04. The number of amidine groups is 1. The first-order valence-corrected chi connectivity index (χ1v) is 8.39. The van der Waals surface area contributed by atoms with Gasteiger partial charge in [-0.05, 0) is 36.6 Å². The number of carbonyl (C=O) groups excluding carboxylic acids is 1. The van der Waals surface area contributed by atoms with Gasteiger partial charge in [-0.15, -0.1) is 5.10 Å². The van der Waals surface area contributed by atoms with Gasteiger partial charge in [0.15, 0.2) is 5.17 Å². The molecule has 0 aromatic heterocycles. The second kappa shape index (κ2) is 7.40. The molecule has 1 saturated heterocycles. The molecular weight excluding hydrogens is 325 g/mol. The highest BCUT2D eigenvalue weighted by Crippen LogP contribution is 2.23. The molecule has 1 aliphatic heterocycles. The van der Waals surface area contributed by atoms with Crippen molar-refractivity contribution < 1.29 is 9.18 Å². The SMILES string of the molecule is C/C(=N\N=C1/NC(=O)C(Cc2ccccc2)S1)c1ccc(F)cc1. The molecular formula is C18H16FN3OS. The molecule has 1 heterocycles. The Bertz CT molecular complexity index is 788. The van der Waals surface area contributed by atoms with Crippen LogP contribution in [0.15, 0.2) is 64.8 Å². The molecule has 1 atom stereocenters. The van der Waals surface area contributed by atoms with Crippen LogP contribution in [0.4, 0.5) is 4.39 Å². The number of nitrogens with zero attached hydrogens (tertiary/aromatic N) is 2. The summed E-state index contributed by atoms with van der Waals surface area (Å²) >= 11 is 1.38. The van der Waals surface area contributed by atoms with Gasteiger partial charge in [-0.25, -0.2) is 4.39 Å². The van der Waals surface area contributed by atoms with Crippen molar-refractivity contribution in [1.82, 2.24) is 5.32 Å². The standard InChI is InChI=1S/C18H16FN3OS/c1-12(14-7-9-15(19)10-8-14)21-22-18-20-17(23)16(24-18)11-13-5-3-2-4-6-13/h2-10,16H,11H2,1H3,(H,20,22,23)/b21-12+. The summed E-state index contributed by atoms with van der Waals surface area (Å²) in [6, 6.07) is 15.9. The van der Waals surface area contributed by atoms with E-state index in [1.165, 1.54) is 23.9 Å². The Hall–Kier alpha value is -2.47. The van der Waals surface area contributed by atoms with E-state index in [-0.39, 0.29) is 17.0 Å². The molecule has 1 amide bonds. The van der Waals surface area contributed by atoms with Crippen molar-refractivity contribution >= 4 is 28.5 Å². The van der Waals surface area contributed by atoms with Gasteiger partial charge >= 0.3 is 0 Å². The van der Waals surface area contributed by atoms with Crippen molar-refractivity contribution in [3.63, 3.8) is 0 Å². The minimum absolute atomic E-state index is 0.0581. The Kier molecular flexibility index (Phi) is 5.05. The molecule has 0 aliphatic carbocycles. The molecule has 6 heteroatoms. The number of benzene rings is 2. The predicted molar refractivity (Wildman–Crippen MR) is 95.7 cm³/mol. The lowest BCUT2D eigenvalue weighted by atomic mass is 10.1. The smallest absolute Gasteiger partial charge is 0.239 e. The first-order valence-electron chi connectivity index (χ1n) is 7.51. The lowest BCUT2D eigenvalue weighted by molar-refractivity contribution is -0.118. The highest BCUT2D eigenvalue weighted by molar-refractivity contribution is 8.15. The lowest BCUT2D eigenvalue weighted by Crippen LogP contribution is -2.25. The molecule has 24 heavy (non-hydrogen) atoms. The fourth-order valence-corrected chi connectivity index (χ4v) is 3.24. The van der Waals surface area contributed by atoms with E-state index in [4.69, 9.17) is 0 Å². The number of hydrogen-bond donors (Lipinski definition) is 1. The van der Waals surface area contributed by atoms with Crippen LogP contribution in [0, 0.1) is 5.82 Å². The number of amides is 1. The maximum absolute atomic E-state index is 12.9. The van der Waals surface area contributed by atoms with Crippen molar-refractivity contribution in [3.8, 4) is 0 Å². The molecule has 4 nitrogen and oxygen atoms in total. The van der Waals surface area contributed by atoms with Gasteiger partial charge < -0.3 is 5.32 Å². The van der Waals surface area contributed by atoms with Crippen LogP contribution in [0.5, 0.6) is 0 Å². The average molecular weight is 341 g/mol. The average Bonchev–Trinajstić information content (AvgIpc) is 2.94. The van der Waals surface area contributed by atoms with Gasteiger partial charge in [-0.1, -0.05) is 54.2 Å². The zero-order valence-corrected chi connectivity index (χ0v) is 13.9. The molecule has 1 aliphatic rings. The molecule has 1 N–H and O–H groups in total. The molecule has 1 fully saturated rings. The monoisotopic (exact) mass is 341 g/mol. The predicted octanol–water partition coefficient (Wildman–Crippen LogP) is 3.38. The fourth-order valence-electron chi connectivity index (χ4n) is 2.28. The largest absolute Gasteiger partial charge is 0.303 e. The van der Waals surface area contributed by atoms with Crippen molar-refractivity contribution in [2.24, 2.45) is 10.2 Å². The number of hydrogen-bond acceptors (Lipinski definition) is 4. The van der Waals surface area contributed by atoms with E-state index in [2.05, 4.69) is 15.5 Å². The molecule has 3 rings (SSSR count). The van der Waals surface area contributed by atoms with E-state index < -0.39 is 0 Å². The van der Waals surface area contributed by atoms with Gasteiger partial charge in [0.2, 0.25) is 5.91 Å². The van der Waals surface area contributed by atoms with Crippen LogP contribution >= 0.6 is 11.8 Å². The summed E-state index contributed by atoms with van der Waals surface area (Å²) in [5.74, 6) is -0.350. The quantitative estimate of drug-likeness (QED) is 0.685. The fraction of sp³-hybridized carbons (Fsp3) is 0.167. The summed E-state index contributed by atoms with van der Waals surface area (Å²) in [7, 11) is 0. The van der Waals surface area contributed by atoms with Crippen LogP contribution in [0.2, 0.25) is 0 Å². The van der Waals surface area contributed by atoms with Crippen LogP contribution in [-0.2, 0) is 11.2 Å². The molecule has 0 saturated carbocycles. The van der Waals surface area contributed by atoms with E-state index in [0.717, 1.165) is 11.1 Å². The minimum atomic E-state index is -0.291. The molecule has 0 radical (unpaired) electrons. The van der Waals surface area contributed by atoms with Crippen LogP contribution in [-0.4, -0.2) is 22.0 Å². The van der Waals surface area contributed by atoms with E-state index in [0.29, 0.717) is 17.3 Å². The van der Waals surface area contributed by atoms with Crippen LogP contribution < -0.4 is 5.32 Å². The number of thioether (sulfide) groups is 1. The van der Waals surface area contributed by atoms with Crippen LogP contribution in [0.25, 0.3) is 0 Å². The Labute approximate surface area is 143 Å². The third-order valence-corrected chi connectivity index (χ3v) is 4.67. The summed E-state index contributed by atoms with van der Waals surface area (Å²) in [4.78, 5) is 12.0. The number of halogens is 1. The third-order valence-electron chi connectivity index (χ3n) is 3.59. The maximum Gasteiger partial charge on any atom is 0.239 e. The summed E-state index contributed by atoms with van der Waals surface area (Å²) < 4.78 is 12.9. The number of rotatable bonds is 4. The van der Waals surface area contributed by atoms with Crippen molar-refractivity contribution in [2.45, 2.75) is 18.6 Å². The van der Waals surface area contributed by atoms with E-state index in [9.17, 15) is 9.18 Å². The summed E-state index contributed by atoms with van der Waals surface area (Å²) in [6.45, 7) is 1.79. The molecule has 0 bridgehead atoms. The summed E-state index contributed by atoms with van der Waals surface area (Å²) in [5.41, 5.74) is 2.55. The van der Waals surface area contributed by atoms with Gasteiger partial charge in [-0.3, -0.25) is 4.79 Å². The third kappa shape index (κ3) is 4.08. The van der Waals surface area contributed by atoms with Crippen LogP contribution in [0.3, 0.4) is 0 Å². The highest BCUT2D eigenvalue weighted by Gasteiger charge is 2.30. The summed E-state index contributed by atoms with van der Waals surface area (Å²) in [6.07, 6.45) is 0.650.